The third kappa shape index (κ3) is 2.06. The number of anilines is 1. The fraction of sp³-hybridized carbons (Fsp3) is 0.538. The van der Waals surface area contributed by atoms with Gasteiger partial charge in [-0.25, -0.2) is 4.98 Å². The normalized spacial score (nSPS) is 19.7. The van der Waals surface area contributed by atoms with Gasteiger partial charge in [0.15, 0.2) is 5.82 Å². The molecule has 1 saturated heterocycles. The van der Waals surface area contributed by atoms with Crippen molar-refractivity contribution in [2.24, 2.45) is 0 Å². The first-order valence-electron chi connectivity index (χ1n) is 6.43. The first-order valence-corrected chi connectivity index (χ1v) is 6.43. The maximum atomic E-state index is 5.18. The average molecular weight is 246 g/mol. The van der Waals surface area contributed by atoms with E-state index in [4.69, 9.17) is 4.74 Å². The van der Waals surface area contributed by atoms with E-state index < -0.39 is 0 Å². The largest absolute Gasteiger partial charge is 0.480 e. The topological polar surface area (TPSA) is 50.3 Å². The van der Waals surface area contributed by atoms with Crippen molar-refractivity contribution in [3.8, 4) is 5.88 Å². The standard InChI is InChI=1S/C13H18N4O/c1-18-12-9-15-11-3-2-8-17(13(11)16-12)10-4-6-14-7-5-10/h2-3,9-10,14H,4-8H2,1H3. The first kappa shape index (κ1) is 11.5. The molecule has 3 heterocycles. The predicted octanol–water partition coefficient (Wildman–Crippen LogP) is 1.07. The summed E-state index contributed by atoms with van der Waals surface area (Å²) in [6.07, 6.45) is 8.19. The Hall–Kier alpha value is -1.62. The molecule has 0 atom stereocenters. The van der Waals surface area contributed by atoms with Gasteiger partial charge < -0.3 is 15.0 Å². The number of rotatable bonds is 2. The number of hydrogen-bond acceptors (Lipinski definition) is 5. The Balaban J connectivity index is 1.91. The molecule has 0 radical (unpaired) electrons. The Kier molecular flexibility index (Phi) is 3.15. The van der Waals surface area contributed by atoms with Crippen molar-refractivity contribution < 1.29 is 4.74 Å². The highest BCUT2D eigenvalue weighted by molar-refractivity contribution is 5.65. The van der Waals surface area contributed by atoms with Crippen molar-refractivity contribution in [2.45, 2.75) is 18.9 Å². The van der Waals surface area contributed by atoms with Crippen LogP contribution >= 0.6 is 0 Å². The average Bonchev–Trinajstić information content (AvgIpc) is 2.47. The molecule has 1 aromatic rings. The van der Waals surface area contributed by atoms with E-state index in [0.717, 1.165) is 44.0 Å². The Morgan fingerprint density at radius 2 is 2.22 bits per heavy atom. The van der Waals surface area contributed by atoms with Crippen molar-refractivity contribution in [1.82, 2.24) is 15.3 Å². The third-order valence-corrected chi connectivity index (χ3v) is 3.57. The molecule has 3 rings (SSSR count). The predicted molar refractivity (Wildman–Crippen MR) is 70.9 cm³/mol. The molecule has 0 aromatic carbocycles. The zero-order valence-electron chi connectivity index (χ0n) is 10.6. The minimum absolute atomic E-state index is 0.552. The first-order chi connectivity index (χ1) is 8.88. The summed E-state index contributed by atoms with van der Waals surface area (Å²) in [5.74, 6) is 1.55. The van der Waals surface area contributed by atoms with Crippen LogP contribution in [0, 0.1) is 0 Å². The molecular weight excluding hydrogens is 228 g/mol. The highest BCUT2D eigenvalue weighted by Gasteiger charge is 2.25. The van der Waals surface area contributed by atoms with Gasteiger partial charge >= 0.3 is 0 Å². The van der Waals surface area contributed by atoms with Gasteiger partial charge in [-0.15, -0.1) is 0 Å². The molecular formula is C13H18N4O. The monoisotopic (exact) mass is 246 g/mol. The van der Waals surface area contributed by atoms with Gasteiger partial charge in [0.05, 0.1) is 13.3 Å². The fourth-order valence-corrected chi connectivity index (χ4v) is 2.61. The molecule has 1 aromatic heterocycles. The van der Waals surface area contributed by atoms with E-state index in [1.165, 1.54) is 0 Å². The maximum absolute atomic E-state index is 5.18. The number of hydrogen-bond donors (Lipinski definition) is 1. The number of methoxy groups -OCH3 is 1. The minimum atomic E-state index is 0.552. The number of aromatic nitrogens is 2. The number of nitrogens with one attached hydrogen (secondary N) is 1. The molecule has 0 unspecified atom stereocenters. The van der Waals surface area contributed by atoms with Crippen molar-refractivity contribution in [2.75, 3.05) is 31.6 Å². The molecule has 18 heavy (non-hydrogen) atoms. The summed E-state index contributed by atoms with van der Waals surface area (Å²) in [5.41, 5.74) is 0.945. The highest BCUT2D eigenvalue weighted by Crippen LogP contribution is 2.28. The number of ether oxygens (including phenoxy) is 1. The summed E-state index contributed by atoms with van der Waals surface area (Å²) >= 11 is 0. The molecule has 0 saturated carbocycles. The van der Waals surface area contributed by atoms with Gasteiger partial charge in [-0.2, -0.15) is 4.98 Å². The lowest BCUT2D eigenvalue weighted by atomic mass is 10.0. The summed E-state index contributed by atoms with van der Waals surface area (Å²) in [6.45, 7) is 3.08. The molecule has 1 fully saturated rings. The van der Waals surface area contributed by atoms with Crippen LogP contribution in [0.3, 0.4) is 0 Å². The zero-order valence-corrected chi connectivity index (χ0v) is 10.6. The smallest absolute Gasteiger partial charge is 0.234 e. The fourth-order valence-electron chi connectivity index (χ4n) is 2.61. The number of fused-ring (bicyclic) bond motifs is 1. The molecule has 2 aliphatic rings. The molecule has 0 amide bonds. The van der Waals surface area contributed by atoms with Gasteiger partial charge in [0, 0.05) is 12.6 Å². The van der Waals surface area contributed by atoms with Crippen molar-refractivity contribution in [3.63, 3.8) is 0 Å². The summed E-state index contributed by atoms with van der Waals surface area (Å²) in [5, 5.41) is 3.39. The van der Waals surface area contributed by atoms with E-state index in [0.29, 0.717) is 11.9 Å². The van der Waals surface area contributed by atoms with Crippen LogP contribution in [-0.4, -0.2) is 42.8 Å². The molecule has 0 spiro atoms. The summed E-state index contributed by atoms with van der Waals surface area (Å²) in [6, 6.07) is 0.552. The van der Waals surface area contributed by atoms with Crippen molar-refractivity contribution >= 4 is 11.9 Å². The van der Waals surface area contributed by atoms with Gasteiger partial charge in [-0.05, 0) is 32.0 Å². The Morgan fingerprint density at radius 1 is 1.39 bits per heavy atom. The molecule has 2 aliphatic heterocycles. The Labute approximate surface area is 107 Å². The minimum Gasteiger partial charge on any atom is -0.480 e. The summed E-state index contributed by atoms with van der Waals surface area (Å²) < 4.78 is 5.18. The quantitative estimate of drug-likeness (QED) is 0.846. The third-order valence-electron chi connectivity index (χ3n) is 3.57. The lowest BCUT2D eigenvalue weighted by Crippen LogP contribution is -2.44. The molecule has 5 nitrogen and oxygen atoms in total. The molecule has 96 valence electrons. The number of piperidine rings is 1. The maximum Gasteiger partial charge on any atom is 0.234 e. The van der Waals surface area contributed by atoms with Crippen LogP contribution in [-0.2, 0) is 0 Å². The van der Waals surface area contributed by atoms with Crippen molar-refractivity contribution in [3.05, 3.63) is 18.0 Å². The van der Waals surface area contributed by atoms with Crippen LogP contribution in [0.4, 0.5) is 5.82 Å². The van der Waals surface area contributed by atoms with E-state index in [9.17, 15) is 0 Å². The highest BCUT2D eigenvalue weighted by atomic mass is 16.5. The van der Waals surface area contributed by atoms with E-state index in [-0.39, 0.29) is 0 Å². The van der Waals surface area contributed by atoms with E-state index in [1.807, 2.05) is 6.08 Å². The SMILES string of the molecule is COc1cnc2c(n1)N(C1CCNCC1)CC=C2. The van der Waals surface area contributed by atoms with Gasteiger partial charge in [0.2, 0.25) is 5.88 Å². The molecule has 5 heteroatoms. The van der Waals surface area contributed by atoms with Crippen molar-refractivity contribution in [1.29, 1.82) is 0 Å². The number of nitrogens with zero attached hydrogens (tertiary/aromatic N) is 3. The Morgan fingerprint density at radius 3 is 3.00 bits per heavy atom. The van der Waals surface area contributed by atoms with Gasteiger partial charge in [0.1, 0.15) is 5.69 Å². The van der Waals surface area contributed by atoms with Crippen LogP contribution in [0.5, 0.6) is 5.88 Å². The molecule has 0 aliphatic carbocycles. The van der Waals surface area contributed by atoms with Crippen LogP contribution in [0.25, 0.3) is 6.08 Å². The molecule has 1 N–H and O–H groups in total. The second kappa shape index (κ2) is 4.94. The summed E-state index contributed by atoms with van der Waals surface area (Å²) in [4.78, 5) is 11.3. The Bertz CT molecular complexity index is 454. The van der Waals surface area contributed by atoms with E-state index in [2.05, 4.69) is 26.3 Å². The lowest BCUT2D eigenvalue weighted by molar-refractivity contribution is 0.392. The second-order valence-corrected chi connectivity index (χ2v) is 4.66. The van der Waals surface area contributed by atoms with E-state index >= 15 is 0 Å². The van der Waals surface area contributed by atoms with Crippen LogP contribution in [0.1, 0.15) is 18.5 Å². The van der Waals surface area contributed by atoms with Gasteiger partial charge in [-0.1, -0.05) is 6.08 Å². The lowest BCUT2D eigenvalue weighted by Gasteiger charge is -2.36. The molecule has 0 bridgehead atoms. The zero-order chi connectivity index (χ0) is 12.4. The van der Waals surface area contributed by atoms with Gasteiger partial charge in [-0.3, -0.25) is 0 Å². The van der Waals surface area contributed by atoms with Crippen LogP contribution < -0.4 is 15.0 Å². The van der Waals surface area contributed by atoms with Gasteiger partial charge in [0.25, 0.3) is 0 Å². The van der Waals surface area contributed by atoms with Crippen LogP contribution in [0.2, 0.25) is 0 Å². The van der Waals surface area contributed by atoms with E-state index in [1.54, 1.807) is 13.3 Å². The second-order valence-electron chi connectivity index (χ2n) is 4.66. The van der Waals surface area contributed by atoms with Crippen LogP contribution in [0.15, 0.2) is 12.3 Å². The summed E-state index contributed by atoms with van der Waals surface area (Å²) in [7, 11) is 1.63.